The van der Waals surface area contributed by atoms with E-state index in [1.165, 1.54) is 51.1 Å². The van der Waals surface area contributed by atoms with Crippen LogP contribution in [0.15, 0.2) is 24.3 Å². The molecule has 1 aliphatic heterocycles. The summed E-state index contributed by atoms with van der Waals surface area (Å²) >= 11 is 0. The minimum absolute atomic E-state index is 0.637. The lowest BCUT2D eigenvalue weighted by Crippen LogP contribution is -2.44. The molecular weight excluding hydrogens is 272 g/mol. The van der Waals surface area contributed by atoms with Crippen LogP contribution in [0.2, 0.25) is 0 Å². The third-order valence-corrected chi connectivity index (χ3v) is 4.79. The molecule has 0 bridgehead atoms. The summed E-state index contributed by atoms with van der Waals surface area (Å²) in [5, 5.41) is 0. The first kappa shape index (κ1) is 17.3. The van der Waals surface area contributed by atoms with Gasteiger partial charge in [0, 0.05) is 26.2 Å². The summed E-state index contributed by atoms with van der Waals surface area (Å²) in [7, 11) is 2.21. The minimum atomic E-state index is 0.637. The molecule has 1 fully saturated rings. The maximum Gasteiger partial charge on any atom is 0.119 e. The van der Waals surface area contributed by atoms with Gasteiger partial charge in [-0.3, -0.25) is 0 Å². The highest BCUT2D eigenvalue weighted by atomic mass is 16.5. The van der Waals surface area contributed by atoms with Crippen LogP contribution in [0.25, 0.3) is 0 Å². The molecule has 0 unspecified atom stereocenters. The fourth-order valence-corrected chi connectivity index (χ4v) is 2.83. The molecule has 1 aromatic carbocycles. The summed E-state index contributed by atoms with van der Waals surface area (Å²) in [6.07, 6.45) is 3.56. The topological polar surface area (TPSA) is 15.7 Å². The van der Waals surface area contributed by atoms with Gasteiger partial charge in [0.25, 0.3) is 0 Å². The van der Waals surface area contributed by atoms with Crippen LogP contribution in [0.5, 0.6) is 5.75 Å². The molecule has 0 saturated carbocycles. The number of likely N-dealkylation sites (N-methyl/N-ethyl adjacent to an activating group) is 1. The largest absolute Gasteiger partial charge is 0.494 e. The highest BCUT2D eigenvalue weighted by Gasteiger charge is 2.12. The van der Waals surface area contributed by atoms with Crippen molar-refractivity contribution < 1.29 is 4.74 Å². The Hall–Kier alpha value is -1.06. The van der Waals surface area contributed by atoms with Crippen LogP contribution in [-0.2, 0) is 0 Å². The zero-order valence-corrected chi connectivity index (χ0v) is 14.6. The second-order valence-electron chi connectivity index (χ2n) is 6.58. The van der Waals surface area contributed by atoms with Crippen molar-refractivity contribution in [2.45, 2.75) is 39.0 Å². The van der Waals surface area contributed by atoms with Gasteiger partial charge in [-0.2, -0.15) is 0 Å². The molecule has 1 aliphatic rings. The number of nitrogens with zero attached hydrogens (tertiary/aromatic N) is 2. The first-order chi connectivity index (χ1) is 10.7. The van der Waals surface area contributed by atoms with E-state index < -0.39 is 0 Å². The second kappa shape index (κ2) is 9.16. The number of unbranched alkanes of at least 4 members (excludes halogenated alkanes) is 1. The van der Waals surface area contributed by atoms with Crippen molar-refractivity contribution in [3.05, 3.63) is 29.8 Å². The van der Waals surface area contributed by atoms with E-state index in [-0.39, 0.29) is 0 Å². The molecule has 0 amide bonds. The summed E-state index contributed by atoms with van der Waals surface area (Å²) in [5.41, 5.74) is 1.41. The minimum Gasteiger partial charge on any atom is -0.494 e. The van der Waals surface area contributed by atoms with Crippen molar-refractivity contribution in [2.75, 3.05) is 46.4 Å². The number of hydrogen-bond acceptors (Lipinski definition) is 3. The summed E-state index contributed by atoms with van der Waals surface area (Å²) < 4.78 is 5.85. The fourth-order valence-electron chi connectivity index (χ4n) is 2.83. The molecule has 1 atom stereocenters. The average Bonchev–Trinajstić information content (AvgIpc) is 2.56. The number of ether oxygens (including phenoxy) is 1. The van der Waals surface area contributed by atoms with Gasteiger partial charge in [-0.05, 0) is 56.5 Å². The molecule has 3 heteroatoms. The van der Waals surface area contributed by atoms with E-state index in [0.29, 0.717) is 5.92 Å². The number of hydrogen-bond donors (Lipinski definition) is 0. The summed E-state index contributed by atoms with van der Waals surface area (Å²) in [4.78, 5) is 4.98. The number of piperazine rings is 1. The second-order valence-corrected chi connectivity index (χ2v) is 6.58. The Labute approximate surface area is 136 Å². The van der Waals surface area contributed by atoms with Gasteiger partial charge in [-0.25, -0.2) is 0 Å². The van der Waals surface area contributed by atoms with Crippen LogP contribution >= 0.6 is 0 Å². The number of benzene rings is 1. The standard InChI is InChI=1S/C19H32N2O/c1-4-17(2)18-7-9-19(10-8-18)22-16-6-5-11-21-14-12-20(3)13-15-21/h7-10,17H,4-6,11-16H2,1-3H3/t17-/m0/s1. The van der Waals surface area contributed by atoms with Crippen molar-refractivity contribution in [2.24, 2.45) is 0 Å². The molecule has 0 radical (unpaired) electrons. The lowest BCUT2D eigenvalue weighted by atomic mass is 9.99. The van der Waals surface area contributed by atoms with Crippen molar-refractivity contribution in [3.63, 3.8) is 0 Å². The van der Waals surface area contributed by atoms with E-state index in [9.17, 15) is 0 Å². The molecule has 1 aromatic rings. The van der Waals surface area contributed by atoms with E-state index in [1.54, 1.807) is 0 Å². The van der Waals surface area contributed by atoms with Crippen LogP contribution in [0.4, 0.5) is 0 Å². The molecule has 0 spiro atoms. The molecule has 1 heterocycles. The predicted octanol–water partition coefficient (Wildman–Crippen LogP) is 3.61. The molecular formula is C19H32N2O. The first-order valence-electron chi connectivity index (χ1n) is 8.82. The Morgan fingerprint density at radius 2 is 1.73 bits per heavy atom. The van der Waals surface area contributed by atoms with E-state index in [4.69, 9.17) is 4.74 Å². The lowest BCUT2D eigenvalue weighted by Gasteiger charge is -2.32. The Kier molecular flexibility index (Phi) is 7.20. The summed E-state index contributed by atoms with van der Waals surface area (Å²) in [5.74, 6) is 1.64. The monoisotopic (exact) mass is 304 g/mol. The molecule has 1 saturated heterocycles. The average molecular weight is 304 g/mol. The highest BCUT2D eigenvalue weighted by molar-refractivity contribution is 5.29. The normalized spacial score (nSPS) is 18.3. The van der Waals surface area contributed by atoms with Gasteiger partial charge in [0.1, 0.15) is 5.75 Å². The zero-order valence-electron chi connectivity index (χ0n) is 14.6. The number of rotatable bonds is 8. The van der Waals surface area contributed by atoms with E-state index >= 15 is 0 Å². The van der Waals surface area contributed by atoms with Crippen molar-refractivity contribution >= 4 is 0 Å². The molecule has 0 aliphatic carbocycles. The zero-order chi connectivity index (χ0) is 15.8. The predicted molar refractivity (Wildman–Crippen MR) is 93.8 cm³/mol. The van der Waals surface area contributed by atoms with Crippen molar-refractivity contribution in [1.29, 1.82) is 0 Å². The summed E-state index contributed by atoms with van der Waals surface area (Å²) in [6.45, 7) is 11.4. The molecule has 124 valence electrons. The quantitative estimate of drug-likeness (QED) is 0.682. The molecule has 0 aromatic heterocycles. The fraction of sp³-hybridized carbons (Fsp3) is 0.684. The molecule has 2 rings (SSSR count). The van der Waals surface area contributed by atoms with Gasteiger partial charge in [-0.1, -0.05) is 26.0 Å². The van der Waals surface area contributed by atoms with Crippen LogP contribution in [0.1, 0.15) is 44.6 Å². The van der Waals surface area contributed by atoms with Crippen molar-refractivity contribution in [3.8, 4) is 5.75 Å². The van der Waals surface area contributed by atoms with Crippen molar-refractivity contribution in [1.82, 2.24) is 9.80 Å². The smallest absolute Gasteiger partial charge is 0.119 e. The van der Waals surface area contributed by atoms with E-state index in [1.807, 2.05) is 0 Å². The summed E-state index contributed by atoms with van der Waals surface area (Å²) in [6, 6.07) is 8.63. The molecule has 0 N–H and O–H groups in total. The Bertz CT molecular complexity index is 410. The van der Waals surface area contributed by atoms with Crippen LogP contribution < -0.4 is 4.74 Å². The van der Waals surface area contributed by atoms with Crippen LogP contribution in [0.3, 0.4) is 0 Å². The van der Waals surface area contributed by atoms with Crippen LogP contribution in [0, 0.1) is 0 Å². The molecule has 3 nitrogen and oxygen atoms in total. The van der Waals surface area contributed by atoms with Gasteiger partial charge in [0.15, 0.2) is 0 Å². The van der Waals surface area contributed by atoms with Gasteiger partial charge >= 0.3 is 0 Å². The van der Waals surface area contributed by atoms with Crippen LogP contribution in [-0.4, -0.2) is 56.2 Å². The van der Waals surface area contributed by atoms with E-state index in [2.05, 4.69) is 55.0 Å². The SMILES string of the molecule is CC[C@H](C)c1ccc(OCCCCN2CCN(C)CC2)cc1. The first-order valence-corrected chi connectivity index (χ1v) is 8.82. The van der Waals surface area contributed by atoms with Gasteiger partial charge < -0.3 is 14.5 Å². The maximum atomic E-state index is 5.85. The lowest BCUT2D eigenvalue weighted by molar-refractivity contribution is 0.150. The van der Waals surface area contributed by atoms with E-state index in [0.717, 1.165) is 18.8 Å². The molecule has 22 heavy (non-hydrogen) atoms. The third kappa shape index (κ3) is 5.62. The highest BCUT2D eigenvalue weighted by Crippen LogP contribution is 2.21. The van der Waals surface area contributed by atoms with Gasteiger partial charge in [0.05, 0.1) is 6.61 Å². The maximum absolute atomic E-state index is 5.85. The van der Waals surface area contributed by atoms with Gasteiger partial charge in [-0.15, -0.1) is 0 Å². The van der Waals surface area contributed by atoms with Gasteiger partial charge in [0.2, 0.25) is 0 Å². The third-order valence-electron chi connectivity index (χ3n) is 4.79. The Morgan fingerprint density at radius 1 is 1.05 bits per heavy atom. The Balaban J connectivity index is 1.58. The Morgan fingerprint density at radius 3 is 2.36 bits per heavy atom.